The summed E-state index contributed by atoms with van der Waals surface area (Å²) in [5.74, 6) is 0.715. The Hall–Kier alpha value is -1.81. The summed E-state index contributed by atoms with van der Waals surface area (Å²) < 4.78 is 11.0. The Kier molecular flexibility index (Phi) is 7.32. The van der Waals surface area contributed by atoms with E-state index in [1.54, 1.807) is 6.92 Å². The van der Waals surface area contributed by atoms with Gasteiger partial charge in [0.15, 0.2) is 0 Å². The molecule has 0 aromatic heterocycles. The number of unbranched alkanes of at least 4 members (excludes halogenated alkanes) is 2. The first-order chi connectivity index (χ1) is 11.6. The van der Waals surface area contributed by atoms with E-state index in [-0.39, 0.29) is 5.97 Å². The molecule has 1 aromatic rings. The molecule has 1 heterocycles. The smallest absolute Gasteiger partial charge is 0.333 e. The molecule has 0 spiro atoms. The number of esters is 1. The predicted octanol–water partition coefficient (Wildman–Crippen LogP) is 4.08. The fourth-order valence-corrected chi connectivity index (χ4v) is 2.75. The third-order valence-corrected chi connectivity index (χ3v) is 4.19. The Morgan fingerprint density at radius 3 is 2.92 bits per heavy atom. The van der Waals surface area contributed by atoms with Crippen LogP contribution in [0.5, 0.6) is 5.75 Å². The third-order valence-electron chi connectivity index (χ3n) is 4.19. The number of ether oxygens (including phenoxy) is 2. The number of rotatable bonds is 9. The lowest BCUT2D eigenvalue weighted by Crippen LogP contribution is -2.33. The van der Waals surface area contributed by atoms with Gasteiger partial charge in [-0.1, -0.05) is 32.1 Å². The van der Waals surface area contributed by atoms with Gasteiger partial charge in [-0.3, -0.25) is 4.90 Å². The van der Waals surface area contributed by atoms with Gasteiger partial charge in [-0.25, -0.2) is 4.79 Å². The first-order valence-corrected chi connectivity index (χ1v) is 8.89. The number of nitrogens with zero attached hydrogens (tertiary/aromatic N) is 1. The lowest BCUT2D eigenvalue weighted by Gasteiger charge is -2.29. The molecule has 0 fully saturated rings. The number of fused-ring (bicyclic) bond motifs is 1. The fraction of sp³-hybridized carbons (Fsp3) is 0.550. The van der Waals surface area contributed by atoms with E-state index in [0.717, 1.165) is 38.1 Å². The molecule has 0 amide bonds. The maximum atomic E-state index is 11.3. The van der Waals surface area contributed by atoms with Crippen molar-refractivity contribution < 1.29 is 14.3 Å². The van der Waals surface area contributed by atoms with Gasteiger partial charge in [-0.05, 0) is 44.2 Å². The van der Waals surface area contributed by atoms with Crippen molar-refractivity contribution in [1.29, 1.82) is 0 Å². The topological polar surface area (TPSA) is 38.8 Å². The average Bonchev–Trinajstić information content (AvgIpc) is 2.58. The monoisotopic (exact) mass is 331 g/mol. The molecule has 0 aliphatic carbocycles. The SMILES string of the molecule is C=C(C)C(=O)OCCCCN1COc2ccc(CCCC)cc2C1. The summed E-state index contributed by atoms with van der Waals surface area (Å²) >= 11 is 0. The maximum Gasteiger partial charge on any atom is 0.333 e. The highest BCUT2D eigenvalue weighted by molar-refractivity contribution is 5.86. The summed E-state index contributed by atoms with van der Waals surface area (Å²) in [6.45, 7) is 10.4. The van der Waals surface area contributed by atoms with E-state index in [1.165, 1.54) is 24.0 Å². The van der Waals surface area contributed by atoms with E-state index in [0.29, 0.717) is 18.9 Å². The largest absolute Gasteiger partial charge is 0.478 e. The number of aryl methyl sites for hydroxylation is 1. The number of benzene rings is 1. The number of carbonyl (C=O) groups is 1. The molecule has 4 nitrogen and oxygen atoms in total. The summed E-state index contributed by atoms with van der Waals surface area (Å²) in [6.07, 6.45) is 5.43. The number of hydrogen-bond donors (Lipinski definition) is 0. The highest BCUT2D eigenvalue weighted by Gasteiger charge is 2.17. The van der Waals surface area contributed by atoms with Crippen molar-refractivity contribution >= 4 is 5.97 Å². The van der Waals surface area contributed by atoms with Gasteiger partial charge in [0.2, 0.25) is 0 Å². The zero-order valence-corrected chi connectivity index (χ0v) is 15.0. The first-order valence-electron chi connectivity index (χ1n) is 8.89. The van der Waals surface area contributed by atoms with Gasteiger partial charge in [0.05, 0.1) is 6.61 Å². The summed E-state index contributed by atoms with van der Waals surface area (Å²) in [5.41, 5.74) is 3.13. The molecule has 4 heteroatoms. The van der Waals surface area contributed by atoms with Crippen molar-refractivity contribution in [3.8, 4) is 5.75 Å². The number of hydrogen-bond acceptors (Lipinski definition) is 4. The Balaban J connectivity index is 1.73. The Bertz CT molecular complexity index is 568. The first kappa shape index (κ1) is 18.5. The summed E-state index contributed by atoms with van der Waals surface area (Å²) in [5, 5.41) is 0. The van der Waals surface area contributed by atoms with Gasteiger partial charge >= 0.3 is 5.97 Å². The van der Waals surface area contributed by atoms with Gasteiger partial charge in [-0.15, -0.1) is 0 Å². The molecule has 1 aromatic carbocycles. The minimum absolute atomic E-state index is 0.301. The van der Waals surface area contributed by atoms with Crippen LogP contribution in [0.2, 0.25) is 0 Å². The quantitative estimate of drug-likeness (QED) is 0.388. The molecular formula is C20H29NO3. The zero-order valence-electron chi connectivity index (χ0n) is 15.0. The van der Waals surface area contributed by atoms with E-state index < -0.39 is 0 Å². The highest BCUT2D eigenvalue weighted by atomic mass is 16.5. The molecular weight excluding hydrogens is 302 g/mol. The van der Waals surface area contributed by atoms with E-state index in [2.05, 4.69) is 36.6 Å². The second-order valence-electron chi connectivity index (χ2n) is 6.49. The van der Waals surface area contributed by atoms with Gasteiger partial charge in [0.1, 0.15) is 12.5 Å². The lowest BCUT2D eigenvalue weighted by atomic mass is 10.0. The van der Waals surface area contributed by atoms with E-state index >= 15 is 0 Å². The Morgan fingerprint density at radius 1 is 1.33 bits per heavy atom. The Labute approximate surface area is 145 Å². The third kappa shape index (κ3) is 5.68. The van der Waals surface area contributed by atoms with E-state index in [4.69, 9.17) is 9.47 Å². The molecule has 0 atom stereocenters. The van der Waals surface area contributed by atoms with Gasteiger partial charge in [0.25, 0.3) is 0 Å². The molecule has 2 rings (SSSR count). The molecule has 0 radical (unpaired) electrons. The van der Waals surface area contributed by atoms with E-state index in [9.17, 15) is 4.79 Å². The second-order valence-corrected chi connectivity index (χ2v) is 6.49. The number of carbonyl (C=O) groups excluding carboxylic acids is 1. The zero-order chi connectivity index (χ0) is 17.4. The molecule has 24 heavy (non-hydrogen) atoms. The van der Waals surface area contributed by atoms with Crippen molar-refractivity contribution in [2.24, 2.45) is 0 Å². The van der Waals surface area contributed by atoms with Crippen LogP contribution in [0.4, 0.5) is 0 Å². The van der Waals surface area contributed by atoms with Gasteiger partial charge < -0.3 is 9.47 Å². The van der Waals surface area contributed by atoms with Crippen molar-refractivity contribution in [2.45, 2.75) is 52.5 Å². The van der Waals surface area contributed by atoms with Crippen LogP contribution in [-0.4, -0.2) is 30.8 Å². The average molecular weight is 331 g/mol. The van der Waals surface area contributed by atoms with Gasteiger partial charge in [-0.2, -0.15) is 0 Å². The van der Waals surface area contributed by atoms with Crippen LogP contribution in [0.1, 0.15) is 50.7 Å². The fourth-order valence-electron chi connectivity index (χ4n) is 2.75. The molecule has 0 N–H and O–H groups in total. The van der Waals surface area contributed by atoms with Crippen LogP contribution in [0.25, 0.3) is 0 Å². The van der Waals surface area contributed by atoms with Crippen LogP contribution in [0.3, 0.4) is 0 Å². The van der Waals surface area contributed by atoms with Crippen LogP contribution < -0.4 is 4.74 Å². The van der Waals surface area contributed by atoms with Crippen molar-refractivity contribution in [1.82, 2.24) is 4.90 Å². The minimum Gasteiger partial charge on any atom is -0.478 e. The molecule has 0 saturated carbocycles. The molecule has 132 valence electrons. The molecule has 0 unspecified atom stereocenters. The highest BCUT2D eigenvalue weighted by Crippen LogP contribution is 2.26. The van der Waals surface area contributed by atoms with Crippen LogP contribution >= 0.6 is 0 Å². The van der Waals surface area contributed by atoms with Crippen molar-refractivity contribution in [3.05, 3.63) is 41.5 Å². The standard InChI is InChI=1S/C20H29NO3/c1-4-5-8-17-9-10-19-18(13-17)14-21(15-24-19)11-6-7-12-23-20(22)16(2)3/h9-10,13H,2,4-8,11-12,14-15H2,1,3H3. The van der Waals surface area contributed by atoms with E-state index in [1.807, 2.05) is 0 Å². The second kappa shape index (κ2) is 9.48. The normalized spacial score (nSPS) is 13.9. The van der Waals surface area contributed by atoms with Gasteiger partial charge in [0, 0.05) is 24.2 Å². The Morgan fingerprint density at radius 2 is 2.17 bits per heavy atom. The lowest BCUT2D eigenvalue weighted by molar-refractivity contribution is -0.139. The molecule has 0 bridgehead atoms. The summed E-state index contributed by atoms with van der Waals surface area (Å²) in [6, 6.07) is 6.57. The van der Waals surface area contributed by atoms with Crippen LogP contribution in [0, 0.1) is 0 Å². The maximum absolute atomic E-state index is 11.3. The summed E-state index contributed by atoms with van der Waals surface area (Å²) in [4.78, 5) is 13.6. The summed E-state index contributed by atoms with van der Waals surface area (Å²) in [7, 11) is 0. The molecule has 1 aliphatic heterocycles. The van der Waals surface area contributed by atoms with Crippen molar-refractivity contribution in [2.75, 3.05) is 19.9 Å². The van der Waals surface area contributed by atoms with Crippen molar-refractivity contribution in [3.63, 3.8) is 0 Å². The van der Waals surface area contributed by atoms with Crippen LogP contribution in [0.15, 0.2) is 30.4 Å². The van der Waals surface area contributed by atoms with Crippen LogP contribution in [-0.2, 0) is 22.5 Å². The molecule has 1 aliphatic rings. The molecule has 0 saturated heterocycles. The predicted molar refractivity (Wildman–Crippen MR) is 96.0 cm³/mol. The minimum atomic E-state index is -0.301.